The second-order valence-corrected chi connectivity index (χ2v) is 5.04. The minimum Gasteiger partial charge on any atom is -0.478 e. The molecule has 0 bridgehead atoms. The maximum atomic E-state index is 13.2. The van der Waals surface area contributed by atoms with Crippen LogP contribution in [0.5, 0.6) is 0 Å². The third kappa shape index (κ3) is 2.60. The van der Waals surface area contributed by atoms with Gasteiger partial charge in [0, 0.05) is 6.54 Å². The van der Waals surface area contributed by atoms with Crippen LogP contribution in [0.4, 0.5) is 4.39 Å². The Morgan fingerprint density at radius 1 is 1.29 bits per heavy atom. The molecule has 1 aromatic heterocycles. The quantitative estimate of drug-likeness (QED) is 0.804. The van der Waals surface area contributed by atoms with Crippen molar-refractivity contribution in [2.45, 2.75) is 6.54 Å². The molecule has 2 aromatic carbocycles. The van der Waals surface area contributed by atoms with Crippen LogP contribution in [0.3, 0.4) is 0 Å². The molecule has 1 N–H and O–H groups in total. The largest absolute Gasteiger partial charge is 0.478 e. The molecule has 0 aliphatic heterocycles. The Kier molecular flexibility index (Phi) is 3.35. The predicted octanol–water partition coefficient (Wildman–Crippen LogP) is 3.58. The lowest BCUT2D eigenvalue weighted by atomic mass is 10.2. The molecule has 21 heavy (non-hydrogen) atoms. The van der Waals surface area contributed by atoms with Crippen molar-refractivity contribution in [3.8, 4) is 0 Å². The lowest BCUT2D eigenvalue weighted by Crippen LogP contribution is -2.00. The first kappa shape index (κ1) is 13.6. The number of benzene rings is 2. The highest BCUT2D eigenvalue weighted by Gasteiger charge is 2.09. The van der Waals surface area contributed by atoms with Gasteiger partial charge in [-0.1, -0.05) is 17.7 Å². The lowest BCUT2D eigenvalue weighted by Gasteiger charge is -2.06. The second-order valence-electron chi connectivity index (χ2n) is 4.63. The molecule has 0 aliphatic rings. The molecule has 3 rings (SSSR count). The van der Waals surface area contributed by atoms with E-state index >= 15 is 0 Å². The molecule has 106 valence electrons. The number of hydrogen-bond acceptors (Lipinski definition) is 2. The van der Waals surface area contributed by atoms with Crippen LogP contribution in [0.2, 0.25) is 5.02 Å². The van der Waals surface area contributed by atoms with Crippen LogP contribution >= 0.6 is 11.6 Å². The van der Waals surface area contributed by atoms with Crippen LogP contribution in [-0.4, -0.2) is 20.6 Å². The summed E-state index contributed by atoms with van der Waals surface area (Å²) in [5, 5.41) is 9.10. The minimum absolute atomic E-state index is 0.0585. The van der Waals surface area contributed by atoms with E-state index in [4.69, 9.17) is 16.7 Å². The monoisotopic (exact) mass is 304 g/mol. The molecule has 0 atom stereocenters. The summed E-state index contributed by atoms with van der Waals surface area (Å²) >= 11 is 5.76. The summed E-state index contributed by atoms with van der Waals surface area (Å²) in [4.78, 5) is 15.2. The molecule has 4 nitrogen and oxygen atoms in total. The molecule has 0 fully saturated rings. The van der Waals surface area contributed by atoms with Crippen molar-refractivity contribution in [2.24, 2.45) is 0 Å². The van der Waals surface area contributed by atoms with Crippen molar-refractivity contribution in [1.82, 2.24) is 9.55 Å². The van der Waals surface area contributed by atoms with Gasteiger partial charge < -0.3 is 9.67 Å². The molecular weight excluding hydrogens is 295 g/mol. The molecule has 0 saturated carbocycles. The summed E-state index contributed by atoms with van der Waals surface area (Å²) in [7, 11) is 0. The first-order valence-electron chi connectivity index (χ1n) is 6.17. The Morgan fingerprint density at radius 3 is 2.81 bits per heavy atom. The van der Waals surface area contributed by atoms with E-state index in [1.807, 2.05) is 0 Å². The number of aromatic carboxylic acids is 1. The van der Waals surface area contributed by atoms with Gasteiger partial charge in [0.1, 0.15) is 5.82 Å². The van der Waals surface area contributed by atoms with Crippen LogP contribution in [0.25, 0.3) is 11.0 Å². The van der Waals surface area contributed by atoms with E-state index in [1.165, 1.54) is 12.1 Å². The average Bonchev–Trinajstić information content (AvgIpc) is 2.85. The molecule has 0 aliphatic carbocycles. The van der Waals surface area contributed by atoms with Crippen molar-refractivity contribution in [1.29, 1.82) is 0 Å². The first-order valence-corrected chi connectivity index (χ1v) is 6.54. The summed E-state index contributed by atoms with van der Waals surface area (Å²) in [6.07, 6.45) is 1.62. The molecular formula is C15H10ClFN2O2. The zero-order valence-electron chi connectivity index (χ0n) is 10.8. The maximum Gasteiger partial charge on any atom is 0.335 e. The Bertz CT molecular complexity index is 845. The maximum absolute atomic E-state index is 13.2. The third-order valence-corrected chi connectivity index (χ3v) is 3.49. The van der Waals surface area contributed by atoms with Crippen LogP contribution in [-0.2, 0) is 6.54 Å². The van der Waals surface area contributed by atoms with Gasteiger partial charge in [-0.25, -0.2) is 14.2 Å². The standard InChI is InChI=1S/C15H10ClFN2O2/c16-11-5-9(1-3-12(11)17)7-19-8-18-13-4-2-10(15(20)21)6-14(13)19/h1-6,8H,7H2,(H,20,21). The zero-order valence-corrected chi connectivity index (χ0v) is 11.5. The van der Waals surface area contributed by atoms with Crippen molar-refractivity contribution < 1.29 is 14.3 Å². The highest BCUT2D eigenvalue weighted by Crippen LogP contribution is 2.20. The van der Waals surface area contributed by atoms with Crippen LogP contribution in [0.1, 0.15) is 15.9 Å². The molecule has 0 amide bonds. The van der Waals surface area contributed by atoms with Crippen molar-refractivity contribution in [2.75, 3.05) is 0 Å². The molecule has 0 unspecified atom stereocenters. The van der Waals surface area contributed by atoms with E-state index in [9.17, 15) is 9.18 Å². The van der Waals surface area contributed by atoms with Gasteiger partial charge in [0.15, 0.2) is 0 Å². The number of aromatic nitrogens is 2. The summed E-state index contributed by atoms with van der Waals surface area (Å²) in [5.74, 6) is -1.46. The fourth-order valence-corrected chi connectivity index (χ4v) is 2.35. The molecule has 0 saturated heterocycles. The summed E-state index contributed by atoms with van der Waals surface area (Å²) in [5.41, 5.74) is 2.41. The normalized spacial score (nSPS) is 11.0. The van der Waals surface area contributed by atoms with E-state index in [0.717, 1.165) is 5.56 Å². The van der Waals surface area contributed by atoms with Crippen LogP contribution in [0.15, 0.2) is 42.7 Å². The average molecular weight is 305 g/mol. The van der Waals surface area contributed by atoms with Gasteiger partial charge >= 0.3 is 5.97 Å². The van der Waals surface area contributed by atoms with E-state index in [2.05, 4.69) is 4.98 Å². The summed E-state index contributed by atoms with van der Waals surface area (Å²) < 4.78 is 15.0. The van der Waals surface area contributed by atoms with Crippen molar-refractivity contribution in [3.05, 3.63) is 64.7 Å². The number of fused-ring (bicyclic) bond motifs is 1. The first-order chi connectivity index (χ1) is 10.0. The highest BCUT2D eigenvalue weighted by atomic mass is 35.5. The SMILES string of the molecule is O=C(O)c1ccc2ncn(Cc3ccc(F)c(Cl)c3)c2c1. The topological polar surface area (TPSA) is 55.1 Å². The highest BCUT2D eigenvalue weighted by molar-refractivity contribution is 6.30. The van der Waals surface area contributed by atoms with Gasteiger partial charge in [0.05, 0.1) is 27.9 Å². The van der Waals surface area contributed by atoms with E-state index in [-0.39, 0.29) is 10.6 Å². The number of carboxylic acid groups (broad SMARTS) is 1. The number of imidazole rings is 1. The Hall–Kier alpha value is -2.40. The van der Waals surface area contributed by atoms with Crippen LogP contribution in [0, 0.1) is 5.82 Å². The molecule has 0 radical (unpaired) electrons. The predicted molar refractivity (Wildman–Crippen MR) is 77.2 cm³/mol. The van der Waals surface area contributed by atoms with E-state index < -0.39 is 11.8 Å². The third-order valence-electron chi connectivity index (χ3n) is 3.20. The fraction of sp³-hybridized carbons (Fsp3) is 0.0667. The Morgan fingerprint density at radius 2 is 2.10 bits per heavy atom. The summed E-state index contributed by atoms with van der Waals surface area (Å²) in [6.45, 7) is 0.430. The van der Waals surface area contributed by atoms with Gasteiger partial charge in [-0.3, -0.25) is 0 Å². The lowest BCUT2D eigenvalue weighted by molar-refractivity contribution is 0.0697. The van der Waals surface area contributed by atoms with Gasteiger partial charge in [0.25, 0.3) is 0 Å². The number of hydrogen-bond donors (Lipinski definition) is 1. The summed E-state index contributed by atoms with van der Waals surface area (Å²) in [6, 6.07) is 9.22. The zero-order chi connectivity index (χ0) is 15.0. The van der Waals surface area contributed by atoms with Gasteiger partial charge in [-0.2, -0.15) is 0 Å². The number of halogens is 2. The number of carbonyl (C=O) groups is 1. The molecule has 6 heteroatoms. The van der Waals surface area contributed by atoms with Gasteiger partial charge in [-0.05, 0) is 35.9 Å². The minimum atomic E-state index is -0.991. The Labute approximate surface area is 124 Å². The molecule has 0 spiro atoms. The smallest absolute Gasteiger partial charge is 0.335 e. The number of rotatable bonds is 3. The second kappa shape index (κ2) is 5.18. The Balaban J connectivity index is 2.01. The van der Waals surface area contributed by atoms with Gasteiger partial charge in [-0.15, -0.1) is 0 Å². The van der Waals surface area contributed by atoms with Crippen LogP contribution < -0.4 is 0 Å². The number of carboxylic acids is 1. The van der Waals surface area contributed by atoms with E-state index in [1.54, 1.807) is 35.2 Å². The number of nitrogens with zero attached hydrogens (tertiary/aromatic N) is 2. The molecule has 1 heterocycles. The van der Waals surface area contributed by atoms with E-state index in [0.29, 0.717) is 17.6 Å². The van der Waals surface area contributed by atoms with Crippen molar-refractivity contribution >= 4 is 28.6 Å². The molecule has 3 aromatic rings. The fourth-order valence-electron chi connectivity index (χ4n) is 2.15. The van der Waals surface area contributed by atoms with Crippen molar-refractivity contribution in [3.63, 3.8) is 0 Å². The van der Waals surface area contributed by atoms with Gasteiger partial charge in [0.2, 0.25) is 0 Å².